The molecule has 5 aromatic carbocycles. The van der Waals surface area contributed by atoms with Crippen molar-refractivity contribution in [1.29, 1.82) is 0 Å². The summed E-state index contributed by atoms with van der Waals surface area (Å²) in [5, 5.41) is 6.51. The second-order valence-corrected chi connectivity index (χ2v) is 15.6. The number of rotatable bonds is 7. The molecule has 6 rings (SSSR count). The molecule has 0 amide bonds. The zero-order valence-corrected chi connectivity index (χ0v) is 23.2. The van der Waals surface area contributed by atoms with E-state index in [-0.39, 0.29) is 0 Å². The molecular weight excluding hydrogens is 519 g/mol. The molecule has 192 valence electrons. The van der Waals surface area contributed by atoms with Crippen molar-refractivity contribution in [3.8, 4) is 11.5 Å². The van der Waals surface area contributed by atoms with Crippen molar-refractivity contribution in [1.82, 2.24) is 4.98 Å². The maximum absolute atomic E-state index is 8.46. The first kappa shape index (κ1) is 25.1. The van der Waals surface area contributed by atoms with Gasteiger partial charge < -0.3 is 0 Å². The Balaban J connectivity index is 1.74. The number of hydrogen-bond donors (Lipinski definition) is 1. The number of hydrogen-bond acceptors (Lipinski definition) is 3. The molecule has 0 saturated heterocycles. The van der Waals surface area contributed by atoms with Gasteiger partial charge in [-0.25, -0.2) is 0 Å². The Bertz CT molecular complexity index is 1590. The summed E-state index contributed by atoms with van der Waals surface area (Å²) in [4.78, 5) is 5.26. The summed E-state index contributed by atoms with van der Waals surface area (Å²) in [6.45, 7) is 2.07. The molecule has 39 heavy (non-hydrogen) atoms. The normalized spacial score (nSPS) is 12.4. The van der Waals surface area contributed by atoms with Crippen molar-refractivity contribution in [2.75, 3.05) is 5.32 Å². The molecule has 1 heterocycles. The van der Waals surface area contributed by atoms with Gasteiger partial charge in [0.1, 0.15) is 0 Å². The first-order valence-electron chi connectivity index (χ1n) is 12.9. The van der Waals surface area contributed by atoms with Crippen LogP contribution in [0.3, 0.4) is 0 Å². The number of halogens is 1. The average molecular weight is 547 g/mol. The van der Waals surface area contributed by atoms with Gasteiger partial charge in [0.25, 0.3) is 0 Å². The maximum atomic E-state index is 8.46. The molecular formula is C34H28ClN2OP. The molecule has 0 aliphatic heterocycles. The Morgan fingerprint density at radius 2 is 1.03 bits per heavy atom. The quantitative estimate of drug-likeness (QED) is 0.208. The van der Waals surface area contributed by atoms with Gasteiger partial charge in [-0.15, -0.1) is 0 Å². The van der Waals surface area contributed by atoms with Crippen LogP contribution in [-0.4, -0.2) is 4.98 Å². The fourth-order valence-corrected chi connectivity index (χ4v) is 11.0. The van der Waals surface area contributed by atoms with Gasteiger partial charge >= 0.3 is 234 Å². The van der Waals surface area contributed by atoms with E-state index >= 15 is 0 Å². The van der Waals surface area contributed by atoms with Gasteiger partial charge in [0, 0.05) is 0 Å². The van der Waals surface area contributed by atoms with E-state index in [0.29, 0.717) is 17.2 Å². The fourth-order valence-electron chi connectivity index (χ4n) is 5.09. The van der Waals surface area contributed by atoms with Crippen molar-refractivity contribution in [3.63, 3.8) is 0 Å². The molecule has 0 atom stereocenters. The van der Waals surface area contributed by atoms with Crippen LogP contribution in [0.1, 0.15) is 5.56 Å². The Kier molecular flexibility index (Phi) is 6.56. The molecule has 0 spiro atoms. The van der Waals surface area contributed by atoms with E-state index < -0.39 is 5.96 Å². The number of nitrogens with zero attached hydrogens (tertiary/aromatic N) is 1. The summed E-state index contributed by atoms with van der Waals surface area (Å²) < 4.78 is 6.60. The summed E-state index contributed by atoms with van der Waals surface area (Å²) in [5.74, 6) is -2.91. The first-order valence-corrected chi connectivity index (χ1v) is 16.0. The molecule has 0 bridgehead atoms. The molecule has 3 nitrogen and oxygen atoms in total. The summed E-state index contributed by atoms with van der Waals surface area (Å²) in [6, 6.07) is 49.1. The fraction of sp³-hybridized carbons (Fsp3) is 0.0294. The van der Waals surface area contributed by atoms with E-state index in [0.717, 1.165) is 27.2 Å². The summed E-state index contributed by atoms with van der Waals surface area (Å²) >= 11 is 8.46. The monoisotopic (exact) mass is 546 g/mol. The molecule has 0 aliphatic carbocycles. The van der Waals surface area contributed by atoms with Crippen LogP contribution in [0.15, 0.2) is 150 Å². The van der Waals surface area contributed by atoms with E-state index in [1.807, 2.05) is 97.1 Å². The summed E-state index contributed by atoms with van der Waals surface area (Å²) in [7, 11) is 0. The van der Waals surface area contributed by atoms with E-state index in [4.69, 9.17) is 20.6 Å². The molecule has 0 unspecified atom stereocenters. The summed E-state index contributed by atoms with van der Waals surface area (Å²) in [5.41, 5.74) is 3.64. The van der Waals surface area contributed by atoms with Gasteiger partial charge in [-0.05, 0) is 0 Å². The van der Waals surface area contributed by atoms with Crippen LogP contribution >= 0.6 is 17.2 Å². The minimum atomic E-state index is -3.95. The van der Waals surface area contributed by atoms with Crippen LogP contribution in [0.4, 0.5) is 11.6 Å². The number of oxazole rings is 1. The van der Waals surface area contributed by atoms with Crippen LogP contribution in [-0.2, 0) is 0 Å². The SMILES string of the molecule is Cc1ccc(Nc2oc(-c3ccccc3)nc2P(Cl)(c2ccccc2)(c2ccccc2)c2ccccc2)cc1. The number of aryl methyl sites for hydroxylation is 1. The molecule has 0 fully saturated rings. The predicted molar refractivity (Wildman–Crippen MR) is 167 cm³/mol. The van der Waals surface area contributed by atoms with E-state index in [1.54, 1.807) is 0 Å². The average Bonchev–Trinajstić information content (AvgIpc) is 3.44. The molecule has 0 radical (unpaired) electrons. The zero-order chi connectivity index (χ0) is 26.7. The molecule has 1 aromatic heterocycles. The first-order chi connectivity index (χ1) is 19.1. The van der Waals surface area contributed by atoms with E-state index in [1.165, 1.54) is 5.56 Å². The van der Waals surface area contributed by atoms with E-state index in [2.05, 4.69) is 60.8 Å². The minimum absolute atomic E-state index is 0.512. The van der Waals surface area contributed by atoms with Gasteiger partial charge in [0.2, 0.25) is 0 Å². The number of anilines is 2. The van der Waals surface area contributed by atoms with Crippen LogP contribution in [0.2, 0.25) is 0 Å². The predicted octanol–water partition coefficient (Wildman–Crippen LogP) is 7.70. The molecule has 6 aromatic rings. The van der Waals surface area contributed by atoms with E-state index in [9.17, 15) is 0 Å². The zero-order valence-electron chi connectivity index (χ0n) is 21.5. The van der Waals surface area contributed by atoms with Gasteiger partial charge in [-0.1, -0.05) is 0 Å². The molecule has 5 heteroatoms. The topological polar surface area (TPSA) is 38.1 Å². The third-order valence-electron chi connectivity index (χ3n) is 7.06. The Morgan fingerprint density at radius 1 is 0.590 bits per heavy atom. The number of benzene rings is 5. The molecule has 0 saturated carbocycles. The second kappa shape index (κ2) is 10.2. The van der Waals surface area contributed by atoms with Crippen molar-refractivity contribution in [2.45, 2.75) is 6.92 Å². The van der Waals surface area contributed by atoms with Crippen molar-refractivity contribution < 1.29 is 4.42 Å². The van der Waals surface area contributed by atoms with Crippen molar-refractivity contribution in [2.24, 2.45) is 0 Å². The van der Waals surface area contributed by atoms with Gasteiger partial charge in [0.05, 0.1) is 0 Å². The van der Waals surface area contributed by atoms with Crippen molar-refractivity contribution >= 4 is 50.1 Å². The number of aromatic nitrogens is 1. The third-order valence-corrected chi connectivity index (χ3v) is 14.2. The van der Waals surface area contributed by atoms with Crippen LogP contribution in [0, 0.1) is 6.92 Å². The number of nitrogens with one attached hydrogen (secondary N) is 1. The van der Waals surface area contributed by atoms with Gasteiger partial charge in [-0.3, -0.25) is 0 Å². The molecule has 1 N–H and O–H groups in total. The third kappa shape index (κ3) is 4.25. The Morgan fingerprint density at radius 3 is 1.49 bits per heavy atom. The standard InChI is InChI=1S/C34H28ClN2OP/c1-26-22-24-28(25-23-26)36-33-34(37-32(38-33)27-14-6-2-7-15-27)39(35,29-16-8-3-9-17-29,30-18-10-4-11-19-30)31-20-12-5-13-21-31/h2-25,36H,1H3. The van der Waals surface area contributed by atoms with Crippen LogP contribution in [0.25, 0.3) is 11.5 Å². The Hall–Kier alpha value is -4.17. The summed E-state index contributed by atoms with van der Waals surface area (Å²) in [6.07, 6.45) is 0. The second-order valence-electron chi connectivity index (χ2n) is 9.54. The van der Waals surface area contributed by atoms with Crippen LogP contribution in [0.5, 0.6) is 0 Å². The van der Waals surface area contributed by atoms with Gasteiger partial charge in [-0.2, -0.15) is 0 Å². The molecule has 0 aliphatic rings. The van der Waals surface area contributed by atoms with Crippen molar-refractivity contribution in [3.05, 3.63) is 151 Å². The van der Waals surface area contributed by atoms with Crippen LogP contribution < -0.4 is 26.7 Å². The van der Waals surface area contributed by atoms with Gasteiger partial charge in [0.15, 0.2) is 0 Å². The Labute approximate surface area is 233 Å².